The van der Waals surface area contributed by atoms with E-state index in [0.717, 1.165) is 18.2 Å². The van der Waals surface area contributed by atoms with E-state index in [-0.39, 0.29) is 21.7 Å². The summed E-state index contributed by atoms with van der Waals surface area (Å²) in [6, 6.07) is 8.90. The Morgan fingerprint density at radius 2 is 1.95 bits per heavy atom. The van der Waals surface area contributed by atoms with Crippen molar-refractivity contribution < 1.29 is 13.6 Å². The Bertz CT molecular complexity index is 726. The Hall–Kier alpha value is -2.39. The highest BCUT2D eigenvalue weighted by Gasteiger charge is 2.11. The number of nitrogens with one attached hydrogen (secondary N) is 1. The van der Waals surface area contributed by atoms with Crippen molar-refractivity contribution in [2.75, 3.05) is 5.32 Å². The highest BCUT2D eigenvalue weighted by Crippen LogP contribution is 2.19. The van der Waals surface area contributed by atoms with Gasteiger partial charge in [0.2, 0.25) is 0 Å². The molecule has 1 N–H and O–H groups in total. The molecule has 0 saturated carbocycles. The minimum absolute atomic E-state index is 0.00607. The van der Waals surface area contributed by atoms with E-state index < -0.39 is 17.5 Å². The number of carbonyl (C=O) groups is 1. The Morgan fingerprint density at radius 1 is 1.20 bits per heavy atom. The summed E-state index contributed by atoms with van der Waals surface area (Å²) in [4.78, 5) is 12.0. The standard InChI is InChI=1S/C14H8F2N2OS/c15-10-2-4-12(9(5-10)7-17)18-14(19)8-1-3-11(16)13(20)6-8/h1-6,20H,(H,18,19). The molecule has 0 aliphatic carbocycles. The molecule has 0 bridgehead atoms. The third kappa shape index (κ3) is 2.95. The van der Waals surface area contributed by atoms with E-state index in [9.17, 15) is 13.6 Å². The van der Waals surface area contributed by atoms with Crippen LogP contribution in [0.2, 0.25) is 0 Å². The van der Waals surface area contributed by atoms with Crippen LogP contribution in [0.15, 0.2) is 41.3 Å². The Labute approximate surface area is 119 Å². The average molecular weight is 290 g/mol. The monoisotopic (exact) mass is 290 g/mol. The second-order valence-electron chi connectivity index (χ2n) is 3.92. The molecule has 0 fully saturated rings. The number of thiol groups is 1. The molecule has 0 aromatic heterocycles. The predicted octanol–water partition coefficient (Wildman–Crippen LogP) is 3.38. The quantitative estimate of drug-likeness (QED) is 0.833. The van der Waals surface area contributed by atoms with E-state index in [1.54, 1.807) is 6.07 Å². The summed E-state index contributed by atoms with van der Waals surface area (Å²) in [7, 11) is 0. The lowest BCUT2D eigenvalue weighted by atomic mass is 10.1. The minimum Gasteiger partial charge on any atom is -0.321 e. The minimum atomic E-state index is -0.570. The fraction of sp³-hybridized carbons (Fsp3) is 0. The van der Waals surface area contributed by atoms with Crippen LogP contribution < -0.4 is 5.32 Å². The first kappa shape index (κ1) is 14.0. The number of hydrogen-bond donors (Lipinski definition) is 2. The van der Waals surface area contributed by atoms with Crippen molar-refractivity contribution in [2.24, 2.45) is 0 Å². The van der Waals surface area contributed by atoms with Crippen molar-refractivity contribution in [1.29, 1.82) is 5.26 Å². The van der Waals surface area contributed by atoms with Crippen LogP contribution >= 0.6 is 12.6 Å². The fourth-order valence-corrected chi connectivity index (χ4v) is 1.78. The van der Waals surface area contributed by atoms with Gasteiger partial charge in [-0.2, -0.15) is 5.26 Å². The number of nitrogens with zero attached hydrogens (tertiary/aromatic N) is 1. The van der Waals surface area contributed by atoms with Crippen molar-refractivity contribution in [3.63, 3.8) is 0 Å². The number of carbonyl (C=O) groups excluding carboxylic acids is 1. The van der Waals surface area contributed by atoms with Crippen LogP contribution in [-0.2, 0) is 0 Å². The van der Waals surface area contributed by atoms with E-state index in [1.807, 2.05) is 0 Å². The van der Waals surface area contributed by atoms with Gasteiger partial charge >= 0.3 is 0 Å². The van der Waals surface area contributed by atoms with Crippen molar-refractivity contribution in [3.05, 3.63) is 59.2 Å². The molecule has 0 radical (unpaired) electrons. The van der Waals surface area contributed by atoms with Gasteiger partial charge in [-0.3, -0.25) is 4.79 Å². The molecule has 20 heavy (non-hydrogen) atoms. The van der Waals surface area contributed by atoms with E-state index in [4.69, 9.17) is 5.26 Å². The number of hydrogen-bond acceptors (Lipinski definition) is 3. The average Bonchev–Trinajstić information content (AvgIpc) is 2.43. The smallest absolute Gasteiger partial charge is 0.255 e. The number of benzene rings is 2. The summed E-state index contributed by atoms with van der Waals surface area (Å²) in [6.07, 6.45) is 0. The third-order valence-electron chi connectivity index (χ3n) is 2.56. The maximum absolute atomic E-state index is 13.1. The second kappa shape index (κ2) is 5.72. The van der Waals surface area contributed by atoms with Gasteiger partial charge in [0.15, 0.2) is 0 Å². The lowest BCUT2D eigenvalue weighted by molar-refractivity contribution is 0.102. The van der Waals surface area contributed by atoms with Gasteiger partial charge < -0.3 is 5.32 Å². The molecule has 0 atom stereocenters. The van der Waals surface area contributed by atoms with Gasteiger partial charge in [0.1, 0.15) is 17.7 Å². The summed E-state index contributed by atoms with van der Waals surface area (Å²) in [5.41, 5.74) is 0.375. The second-order valence-corrected chi connectivity index (χ2v) is 4.40. The number of rotatable bonds is 2. The largest absolute Gasteiger partial charge is 0.321 e. The fourth-order valence-electron chi connectivity index (χ4n) is 1.57. The van der Waals surface area contributed by atoms with E-state index in [1.165, 1.54) is 18.2 Å². The summed E-state index contributed by atoms with van der Waals surface area (Å²) in [5.74, 6) is -1.65. The van der Waals surface area contributed by atoms with Gasteiger partial charge in [0, 0.05) is 10.5 Å². The van der Waals surface area contributed by atoms with Crippen LogP contribution in [0.25, 0.3) is 0 Å². The van der Waals surface area contributed by atoms with Crippen LogP contribution in [0.1, 0.15) is 15.9 Å². The predicted molar refractivity (Wildman–Crippen MR) is 72.7 cm³/mol. The topological polar surface area (TPSA) is 52.9 Å². The summed E-state index contributed by atoms with van der Waals surface area (Å²) in [5, 5.41) is 11.3. The van der Waals surface area contributed by atoms with E-state index in [0.29, 0.717) is 0 Å². The normalized spacial score (nSPS) is 9.90. The first-order chi connectivity index (χ1) is 9.51. The molecule has 1 amide bonds. The van der Waals surface area contributed by atoms with Gasteiger partial charge in [0.25, 0.3) is 5.91 Å². The number of amides is 1. The van der Waals surface area contributed by atoms with Crippen molar-refractivity contribution in [2.45, 2.75) is 4.90 Å². The summed E-state index contributed by atoms with van der Waals surface area (Å²) in [6.45, 7) is 0. The molecule has 0 saturated heterocycles. The van der Waals surface area contributed by atoms with Gasteiger partial charge in [-0.25, -0.2) is 8.78 Å². The molecule has 100 valence electrons. The van der Waals surface area contributed by atoms with Crippen molar-refractivity contribution >= 4 is 24.2 Å². The first-order valence-corrected chi connectivity index (χ1v) is 5.95. The first-order valence-electron chi connectivity index (χ1n) is 5.51. The molecular formula is C14H8F2N2OS. The molecule has 2 aromatic carbocycles. The molecule has 6 heteroatoms. The van der Waals surface area contributed by atoms with Crippen LogP contribution in [0.4, 0.5) is 14.5 Å². The lowest BCUT2D eigenvalue weighted by Gasteiger charge is -2.07. The molecule has 0 aliphatic heterocycles. The molecular weight excluding hydrogens is 282 g/mol. The van der Waals surface area contributed by atoms with Crippen molar-refractivity contribution in [1.82, 2.24) is 0 Å². The molecule has 3 nitrogen and oxygen atoms in total. The Balaban J connectivity index is 2.28. The van der Waals surface area contributed by atoms with Gasteiger partial charge in [-0.1, -0.05) is 0 Å². The summed E-state index contributed by atoms with van der Waals surface area (Å²) >= 11 is 3.88. The Kier molecular flexibility index (Phi) is 4.01. The maximum atomic E-state index is 13.1. The lowest BCUT2D eigenvalue weighted by Crippen LogP contribution is -2.13. The van der Waals surface area contributed by atoms with E-state index in [2.05, 4.69) is 17.9 Å². The number of anilines is 1. The molecule has 0 unspecified atom stereocenters. The van der Waals surface area contributed by atoms with Crippen LogP contribution in [-0.4, -0.2) is 5.91 Å². The zero-order valence-corrected chi connectivity index (χ0v) is 10.9. The van der Waals surface area contributed by atoms with Crippen LogP contribution in [0, 0.1) is 23.0 Å². The highest BCUT2D eigenvalue weighted by atomic mass is 32.1. The molecule has 0 heterocycles. The maximum Gasteiger partial charge on any atom is 0.255 e. The molecule has 2 rings (SSSR count). The molecule has 0 aliphatic rings. The van der Waals surface area contributed by atoms with Crippen molar-refractivity contribution in [3.8, 4) is 6.07 Å². The van der Waals surface area contributed by atoms with Gasteiger partial charge in [0.05, 0.1) is 11.3 Å². The zero-order valence-electron chi connectivity index (χ0n) is 10.0. The van der Waals surface area contributed by atoms with E-state index >= 15 is 0 Å². The zero-order chi connectivity index (χ0) is 14.7. The van der Waals surface area contributed by atoms with Gasteiger partial charge in [-0.15, -0.1) is 12.6 Å². The number of halogens is 2. The third-order valence-corrected chi connectivity index (χ3v) is 2.90. The number of nitriles is 1. The van der Waals surface area contributed by atoms with Crippen LogP contribution in [0.3, 0.4) is 0 Å². The molecule has 0 spiro atoms. The Morgan fingerprint density at radius 3 is 2.60 bits per heavy atom. The molecule has 2 aromatic rings. The summed E-state index contributed by atoms with van der Waals surface area (Å²) < 4.78 is 26.0. The van der Waals surface area contributed by atoms with Gasteiger partial charge in [-0.05, 0) is 36.4 Å². The SMILES string of the molecule is N#Cc1cc(F)ccc1NC(=O)c1ccc(F)c(S)c1. The highest BCUT2D eigenvalue weighted by molar-refractivity contribution is 7.80. The van der Waals surface area contributed by atoms with Crippen LogP contribution in [0.5, 0.6) is 0 Å².